The summed E-state index contributed by atoms with van der Waals surface area (Å²) in [5.74, 6) is 3.84. The van der Waals surface area contributed by atoms with Gasteiger partial charge in [0.05, 0.1) is 16.6 Å². The van der Waals surface area contributed by atoms with Crippen LogP contribution >= 0.6 is 0 Å². The van der Waals surface area contributed by atoms with Crippen molar-refractivity contribution in [3.8, 4) is 79.7 Å². The summed E-state index contributed by atoms with van der Waals surface area (Å²) in [6.45, 7) is 0. The first-order valence-corrected chi connectivity index (χ1v) is 22.9. The Labute approximate surface area is 392 Å². The Morgan fingerprint density at radius 3 is 1.12 bits per heavy atom. The van der Waals surface area contributed by atoms with Crippen molar-refractivity contribution in [3.63, 3.8) is 0 Å². The van der Waals surface area contributed by atoms with Crippen molar-refractivity contribution < 1.29 is 0 Å². The predicted molar refractivity (Wildman–Crippen MR) is 274 cm³/mol. The average Bonchev–Trinajstić information content (AvgIpc) is 3.94. The van der Waals surface area contributed by atoms with E-state index < -0.39 is 0 Å². The normalized spacial score (nSPS) is 12.2. The fourth-order valence-corrected chi connectivity index (χ4v) is 9.73. The molecule has 4 aromatic heterocycles. The molecule has 0 unspecified atom stereocenters. The van der Waals surface area contributed by atoms with Gasteiger partial charge in [0.1, 0.15) is 0 Å². The van der Waals surface area contributed by atoms with E-state index in [1.165, 1.54) is 32.9 Å². The molecule has 8 nitrogen and oxygen atoms in total. The van der Waals surface area contributed by atoms with E-state index in [1.807, 2.05) is 121 Å². The van der Waals surface area contributed by atoms with Gasteiger partial charge in [0.2, 0.25) is 0 Å². The zero-order valence-corrected chi connectivity index (χ0v) is 36.8. The molecule has 0 saturated carbocycles. The van der Waals surface area contributed by atoms with Crippen molar-refractivity contribution >= 4 is 38.8 Å². The largest absolute Gasteiger partial charge is 0.313 e. The maximum absolute atomic E-state index is 5.00. The van der Waals surface area contributed by atoms with Crippen LogP contribution < -0.4 is 0 Å². The molecule has 320 valence electrons. The predicted octanol–water partition coefficient (Wildman–Crippen LogP) is 14.1. The summed E-state index contributed by atoms with van der Waals surface area (Å²) in [5.41, 5.74) is 13.8. The molecule has 4 heterocycles. The van der Waals surface area contributed by atoms with E-state index in [9.17, 15) is 0 Å². The van der Waals surface area contributed by atoms with Gasteiger partial charge in [0, 0.05) is 72.2 Å². The smallest absolute Gasteiger partial charge is 0.164 e. The highest BCUT2D eigenvalue weighted by atomic mass is 15.1. The number of allylic oxidation sites excluding steroid dienone is 1. The van der Waals surface area contributed by atoms with Gasteiger partial charge in [-0.15, -0.1) is 0 Å². The molecule has 1 aliphatic rings. The van der Waals surface area contributed by atoms with Crippen LogP contribution in [0.5, 0.6) is 0 Å². The summed E-state index contributed by atoms with van der Waals surface area (Å²) in [6, 6.07) is 71.1. The van der Waals surface area contributed by atoms with Gasteiger partial charge in [-0.3, -0.25) is 0 Å². The third kappa shape index (κ3) is 6.77. The molecule has 0 bridgehead atoms. The molecule has 13 rings (SSSR count). The number of benzene rings is 8. The number of hydrogen-bond donors (Lipinski definition) is 0. The molecule has 0 saturated heterocycles. The molecule has 0 spiro atoms. The highest BCUT2D eigenvalue weighted by molar-refractivity contribution is 6.23. The first kappa shape index (κ1) is 39.2. The molecule has 0 radical (unpaired) electrons. The monoisotopic (exact) mass is 872 g/mol. The maximum atomic E-state index is 5.00. The molecule has 8 aromatic carbocycles. The minimum atomic E-state index is 0.628. The van der Waals surface area contributed by atoms with Gasteiger partial charge in [0.15, 0.2) is 34.9 Å². The van der Waals surface area contributed by atoms with Crippen LogP contribution in [0.1, 0.15) is 17.7 Å². The molecule has 0 atom stereocenters. The molecule has 68 heavy (non-hydrogen) atoms. The lowest BCUT2D eigenvalue weighted by molar-refractivity contribution is 0.888. The van der Waals surface area contributed by atoms with E-state index in [0.717, 1.165) is 68.6 Å². The molecule has 0 fully saturated rings. The number of nitrogens with zero attached hydrogens (tertiary/aromatic N) is 8. The van der Waals surface area contributed by atoms with Crippen LogP contribution in [0.2, 0.25) is 0 Å². The Kier molecular flexibility index (Phi) is 9.45. The average molecular weight is 873 g/mol. The number of rotatable bonds is 8. The quantitative estimate of drug-likeness (QED) is 0.151. The highest BCUT2D eigenvalue weighted by Gasteiger charge is 2.24. The van der Waals surface area contributed by atoms with Gasteiger partial charge in [-0.25, -0.2) is 29.9 Å². The highest BCUT2D eigenvalue weighted by Crippen LogP contribution is 2.43. The fraction of sp³-hybridized carbons (Fsp3) is 0.0333. The third-order valence-electron chi connectivity index (χ3n) is 12.9. The molecular weight excluding hydrogens is 833 g/mol. The number of fused-ring (bicyclic) bond motifs is 7. The summed E-state index contributed by atoms with van der Waals surface area (Å²) >= 11 is 0. The number of hydrogen-bond acceptors (Lipinski definition) is 6. The molecule has 0 N–H and O–H groups in total. The minimum Gasteiger partial charge on any atom is -0.313 e. The van der Waals surface area contributed by atoms with Crippen LogP contribution in [0.15, 0.2) is 212 Å². The number of aromatic nitrogens is 8. The topological polar surface area (TPSA) is 87.2 Å². The van der Waals surface area contributed by atoms with Gasteiger partial charge in [0.25, 0.3) is 0 Å². The second-order valence-electron chi connectivity index (χ2n) is 17.0. The summed E-state index contributed by atoms with van der Waals surface area (Å²) in [7, 11) is 0. The van der Waals surface area contributed by atoms with Crippen LogP contribution in [0.3, 0.4) is 0 Å². The standard InChI is InChI=1S/C60H40N8/c1-5-17-39(18-6-1)55-61-56(40-19-7-2-8-20-40)64-59(63-55)43-29-33-45(34-30-43)67-49-27-15-13-25-47(49)53-51(67)37-38-52-54(53)48-26-14-16-28-50(48)68(52)46-35-31-44(32-36-46)60-65-57(41-21-9-3-10-22-41)62-58(66-60)42-23-11-4-12-24-42/h1-15,17-27,29-38H,16,28H2. The van der Waals surface area contributed by atoms with Crippen LogP contribution in [0.4, 0.5) is 0 Å². The molecule has 12 aromatic rings. The number of para-hydroxylation sites is 1. The Bertz CT molecular complexity index is 3750. The second-order valence-corrected chi connectivity index (χ2v) is 17.0. The Balaban J connectivity index is 0.918. The summed E-state index contributed by atoms with van der Waals surface area (Å²) in [4.78, 5) is 29.8. The first-order chi connectivity index (χ1) is 33.7. The van der Waals surface area contributed by atoms with Crippen molar-refractivity contribution in [2.24, 2.45) is 0 Å². The van der Waals surface area contributed by atoms with E-state index in [1.54, 1.807) is 0 Å². The third-order valence-corrected chi connectivity index (χ3v) is 12.9. The molecule has 8 heteroatoms. The van der Waals surface area contributed by atoms with Gasteiger partial charge >= 0.3 is 0 Å². The first-order valence-electron chi connectivity index (χ1n) is 22.9. The lowest BCUT2D eigenvalue weighted by Crippen LogP contribution is -2.03. The Morgan fingerprint density at radius 2 is 0.676 bits per heavy atom. The Hall–Kier alpha value is -9.14. The van der Waals surface area contributed by atoms with Crippen molar-refractivity contribution in [1.29, 1.82) is 0 Å². The second kappa shape index (κ2) is 16.4. The van der Waals surface area contributed by atoms with E-state index in [0.29, 0.717) is 34.9 Å². The van der Waals surface area contributed by atoms with Crippen LogP contribution in [-0.4, -0.2) is 39.0 Å². The maximum Gasteiger partial charge on any atom is 0.164 e. The summed E-state index contributed by atoms with van der Waals surface area (Å²) in [5, 5.41) is 3.71. The SMILES string of the molecule is C1=Cc2c(n(-c3ccc(-c4nc(-c5ccccc5)nc(-c5ccccc5)n4)cc3)c3ccc4c(c5ccccc5n4-c4ccc(-c5nc(-c6ccccc6)nc(-c6ccccc6)n5)cc4)c23)CC1. The minimum absolute atomic E-state index is 0.628. The Morgan fingerprint density at radius 1 is 0.309 bits per heavy atom. The van der Waals surface area contributed by atoms with Crippen LogP contribution in [0, 0.1) is 0 Å². The summed E-state index contributed by atoms with van der Waals surface area (Å²) < 4.78 is 4.85. The fourth-order valence-electron chi connectivity index (χ4n) is 9.73. The lowest BCUT2D eigenvalue weighted by Gasteiger charge is -2.14. The zero-order valence-electron chi connectivity index (χ0n) is 36.8. The van der Waals surface area contributed by atoms with Crippen LogP contribution in [0.25, 0.3) is 118 Å². The summed E-state index contributed by atoms with van der Waals surface area (Å²) in [6.07, 6.45) is 6.56. The van der Waals surface area contributed by atoms with Gasteiger partial charge in [-0.1, -0.05) is 152 Å². The van der Waals surface area contributed by atoms with Crippen molar-refractivity contribution in [2.45, 2.75) is 12.8 Å². The molecule has 1 aliphatic carbocycles. The lowest BCUT2D eigenvalue weighted by atomic mass is 9.99. The van der Waals surface area contributed by atoms with E-state index in [-0.39, 0.29) is 0 Å². The molecule has 0 amide bonds. The van der Waals surface area contributed by atoms with E-state index >= 15 is 0 Å². The van der Waals surface area contributed by atoms with Crippen molar-refractivity contribution in [2.75, 3.05) is 0 Å². The molecular formula is C60H40N8. The van der Waals surface area contributed by atoms with Crippen molar-refractivity contribution in [1.82, 2.24) is 39.0 Å². The van der Waals surface area contributed by atoms with Crippen LogP contribution in [-0.2, 0) is 6.42 Å². The van der Waals surface area contributed by atoms with E-state index in [4.69, 9.17) is 29.9 Å². The van der Waals surface area contributed by atoms with E-state index in [2.05, 4.69) is 106 Å². The van der Waals surface area contributed by atoms with Gasteiger partial charge in [-0.2, -0.15) is 0 Å². The van der Waals surface area contributed by atoms with Gasteiger partial charge < -0.3 is 9.13 Å². The molecule has 0 aliphatic heterocycles. The van der Waals surface area contributed by atoms with Gasteiger partial charge in [-0.05, 0) is 79.6 Å². The van der Waals surface area contributed by atoms with Crippen molar-refractivity contribution in [3.05, 3.63) is 224 Å². The zero-order chi connectivity index (χ0) is 45.0.